The molecule has 0 N–H and O–H groups in total. The Labute approximate surface area is 132 Å². The Morgan fingerprint density at radius 2 is 1.43 bits per heavy atom. The second-order valence-electron chi connectivity index (χ2n) is 5.25. The molecule has 0 aliphatic heterocycles. The van der Waals surface area contributed by atoms with Crippen molar-refractivity contribution in [2.75, 3.05) is 13.2 Å². The highest BCUT2D eigenvalue weighted by molar-refractivity contribution is 6.06. The largest absolute Gasteiger partial charge is 0.491 e. The lowest BCUT2D eigenvalue weighted by Gasteiger charge is -2.06. The minimum Gasteiger partial charge on any atom is -0.491 e. The lowest BCUT2D eigenvalue weighted by molar-refractivity contribution is 0.294. The summed E-state index contributed by atoms with van der Waals surface area (Å²) in [6.07, 6.45) is 1.80. The molecule has 2 aromatic carbocycles. The number of halogens is 2. The van der Waals surface area contributed by atoms with E-state index in [0.717, 1.165) is 12.8 Å². The maximum absolute atomic E-state index is 14.5. The first-order valence-electron chi connectivity index (χ1n) is 7.76. The monoisotopic (exact) mass is 320 g/mol. The minimum absolute atomic E-state index is 0.00143. The van der Waals surface area contributed by atoms with Crippen molar-refractivity contribution in [2.45, 2.75) is 26.7 Å². The molecule has 0 aliphatic carbocycles. The summed E-state index contributed by atoms with van der Waals surface area (Å²) in [4.78, 5) is 0. The van der Waals surface area contributed by atoms with E-state index >= 15 is 0 Å². The molecule has 0 saturated carbocycles. The highest BCUT2D eigenvalue weighted by Crippen LogP contribution is 2.37. The van der Waals surface area contributed by atoms with Gasteiger partial charge in [0.1, 0.15) is 0 Å². The van der Waals surface area contributed by atoms with Crippen LogP contribution in [0, 0.1) is 11.6 Å². The normalized spacial score (nSPS) is 11.3. The van der Waals surface area contributed by atoms with Gasteiger partial charge in [0.05, 0.1) is 13.2 Å². The van der Waals surface area contributed by atoms with Gasteiger partial charge in [-0.2, -0.15) is 8.78 Å². The first kappa shape index (κ1) is 15.6. The molecule has 1 aromatic heterocycles. The number of hydrogen-bond acceptors (Lipinski definition) is 3. The van der Waals surface area contributed by atoms with Gasteiger partial charge in [0, 0.05) is 10.8 Å². The van der Waals surface area contributed by atoms with Crippen molar-refractivity contribution in [3.05, 3.63) is 35.9 Å². The first-order valence-corrected chi connectivity index (χ1v) is 7.76. The Morgan fingerprint density at radius 3 is 1.96 bits per heavy atom. The van der Waals surface area contributed by atoms with E-state index in [2.05, 4.69) is 0 Å². The van der Waals surface area contributed by atoms with Crippen molar-refractivity contribution in [3.8, 4) is 11.5 Å². The molecule has 23 heavy (non-hydrogen) atoms. The Bertz CT molecular complexity index is 839. The highest BCUT2D eigenvalue weighted by Gasteiger charge is 2.19. The van der Waals surface area contributed by atoms with E-state index in [0.29, 0.717) is 24.0 Å². The lowest BCUT2D eigenvalue weighted by atomic mass is 10.1. The molecule has 0 fully saturated rings. The molecule has 122 valence electrons. The van der Waals surface area contributed by atoms with E-state index in [1.165, 1.54) is 6.07 Å². The Kier molecular flexibility index (Phi) is 4.37. The van der Waals surface area contributed by atoms with Crippen LogP contribution in [0.3, 0.4) is 0 Å². The number of rotatable bonds is 6. The van der Waals surface area contributed by atoms with E-state index in [-0.39, 0.29) is 22.7 Å². The molecule has 0 unspecified atom stereocenters. The fourth-order valence-corrected chi connectivity index (χ4v) is 2.51. The van der Waals surface area contributed by atoms with Crippen LogP contribution in [-0.2, 0) is 0 Å². The van der Waals surface area contributed by atoms with Crippen molar-refractivity contribution < 1.29 is 22.7 Å². The predicted octanol–water partition coefficient (Wildman–Crippen LogP) is 5.44. The van der Waals surface area contributed by atoms with Gasteiger partial charge in [-0.1, -0.05) is 13.3 Å². The number of ether oxygens (including phenoxy) is 2. The fourth-order valence-electron chi connectivity index (χ4n) is 2.51. The molecule has 0 radical (unpaired) electrons. The summed E-state index contributed by atoms with van der Waals surface area (Å²) >= 11 is 0. The van der Waals surface area contributed by atoms with Crippen LogP contribution in [0.5, 0.6) is 11.5 Å². The summed E-state index contributed by atoms with van der Waals surface area (Å²) in [5.41, 5.74) is -0.00268. The van der Waals surface area contributed by atoms with E-state index < -0.39 is 11.6 Å². The average molecular weight is 320 g/mol. The number of furan rings is 1. The fraction of sp³-hybridized carbons (Fsp3) is 0.333. The molecule has 0 spiro atoms. The first-order chi connectivity index (χ1) is 11.2. The number of hydrogen-bond donors (Lipinski definition) is 0. The Morgan fingerprint density at radius 1 is 0.870 bits per heavy atom. The van der Waals surface area contributed by atoms with Gasteiger partial charge in [0.25, 0.3) is 0 Å². The molecular weight excluding hydrogens is 302 g/mol. The van der Waals surface area contributed by atoms with Crippen molar-refractivity contribution in [1.29, 1.82) is 0 Å². The van der Waals surface area contributed by atoms with Gasteiger partial charge in [-0.3, -0.25) is 0 Å². The van der Waals surface area contributed by atoms with Crippen molar-refractivity contribution in [3.63, 3.8) is 0 Å². The van der Waals surface area contributed by atoms with Gasteiger partial charge < -0.3 is 13.9 Å². The molecule has 1 heterocycles. The van der Waals surface area contributed by atoms with Gasteiger partial charge in [-0.15, -0.1) is 0 Å². The summed E-state index contributed by atoms with van der Waals surface area (Å²) in [6, 6.07) is 6.44. The second kappa shape index (κ2) is 6.44. The molecule has 0 aliphatic rings. The van der Waals surface area contributed by atoms with Gasteiger partial charge in [0.2, 0.25) is 11.6 Å². The van der Waals surface area contributed by atoms with Crippen LogP contribution < -0.4 is 9.47 Å². The summed E-state index contributed by atoms with van der Waals surface area (Å²) in [7, 11) is 0. The third-order valence-electron chi connectivity index (χ3n) is 3.67. The highest BCUT2D eigenvalue weighted by atomic mass is 19.1. The van der Waals surface area contributed by atoms with Crippen molar-refractivity contribution >= 4 is 21.9 Å². The molecular formula is C18H18F2O3. The smallest absolute Gasteiger partial charge is 0.208 e. The lowest BCUT2D eigenvalue weighted by Crippen LogP contribution is -1.98. The number of fused-ring (bicyclic) bond motifs is 3. The zero-order valence-corrected chi connectivity index (χ0v) is 13.1. The zero-order valence-electron chi connectivity index (χ0n) is 13.1. The Hall–Kier alpha value is -2.30. The van der Waals surface area contributed by atoms with E-state index in [4.69, 9.17) is 13.9 Å². The molecule has 0 amide bonds. The van der Waals surface area contributed by atoms with E-state index in [9.17, 15) is 8.78 Å². The quantitative estimate of drug-likeness (QED) is 0.567. The van der Waals surface area contributed by atoms with Crippen LogP contribution >= 0.6 is 0 Å². The number of unbranched alkanes of at least 4 members (excludes halogenated alkanes) is 1. The zero-order chi connectivity index (χ0) is 16.4. The van der Waals surface area contributed by atoms with Crippen LogP contribution in [0.1, 0.15) is 26.7 Å². The minimum atomic E-state index is -0.617. The van der Waals surface area contributed by atoms with Gasteiger partial charge in [0.15, 0.2) is 22.7 Å². The van der Waals surface area contributed by atoms with E-state index in [1.54, 1.807) is 25.1 Å². The Balaban J connectivity index is 2.11. The topological polar surface area (TPSA) is 31.6 Å². The van der Waals surface area contributed by atoms with Crippen LogP contribution in [0.25, 0.3) is 21.9 Å². The maximum Gasteiger partial charge on any atom is 0.208 e. The standard InChI is InChI=1S/C18H18F2O3/c1-3-5-10-22-14-9-7-12-11-6-8-13(21-4-2)15(19)17(11)23-18(12)16(14)20/h6-9H,3-5,10H2,1-2H3. The molecule has 3 nitrogen and oxygen atoms in total. The average Bonchev–Trinajstić information content (AvgIpc) is 2.93. The van der Waals surface area contributed by atoms with Gasteiger partial charge >= 0.3 is 0 Å². The van der Waals surface area contributed by atoms with Crippen molar-refractivity contribution in [1.82, 2.24) is 0 Å². The molecule has 5 heteroatoms. The van der Waals surface area contributed by atoms with Crippen LogP contribution in [-0.4, -0.2) is 13.2 Å². The van der Waals surface area contributed by atoms with Gasteiger partial charge in [-0.25, -0.2) is 0 Å². The summed E-state index contributed by atoms with van der Waals surface area (Å²) in [5, 5.41) is 1.03. The van der Waals surface area contributed by atoms with Crippen LogP contribution in [0.2, 0.25) is 0 Å². The predicted molar refractivity (Wildman–Crippen MR) is 85.2 cm³/mol. The third-order valence-corrected chi connectivity index (χ3v) is 3.67. The second-order valence-corrected chi connectivity index (χ2v) is 5.25. The molecule has 3 aromatic rings. The number of benzene rings is 2. The van der Waals surface area contributed by atoms with E-state index in [1.807, 2.05) is 6.92 Å². The SMILES string of the molecule is CCCCOc1ccc2c(oc3c(F)c(OCC)ccc32)c1F. The van der Waals surface area contributed by atoms with Crippen LogP contribution in [0.15, 0.2) is 28.7 Å². The third kappa shape index (κ3) is 2.71. The molecule has 3 rings (SSSR count). The molecule has 0 bridgehead atoms. The summed E-state index contributed by atoms with van der Waals surface area (Å²) in [6.45, 7) is 4.57. The molecule has 0 saturated heterocycles. The molecule has 0 atom stereocenters. The summed E-state index contributed by atoms with van der Waals surface area (Å²) < 4.78 is 45.0. The van der Waals surface area contributed by atoms with Crippen molar-refractivity contribution in [2.24, 2.45) is 0 Å². The summed E-state index contributed by atoms with van der Waals surface area (Å²) in [5.74, 6) is -1.00. The van der Waals surface area contributed by atoms with Crippen LogP contribution in [0.4, 0.5) is 8.78 Å². The van der Waals surface area contributed by atoms with Gasteiger partial charge in [-0.05, 0) is 37.6 Å². The maximum atomic E-state index is 14.5.